The number of rotatable bonds is 4. The molecule has 0 amide bonds. The Labute approximate surface area is 148 Å². The fourth-order valence-corrected chi connectivity index (χ4v) is 2.60. The Balaban J connectivity index is 2.07. The molecule has 0 bridgehead atoms. The van der Waals surface area contributed by atoms with Gasteiger partial charge in [-0.3, -0.25) is 19.6 Å². The van der Waals surface area contributed by atoms with Crippen molar-refractivity contribution in [3.05, 3.63) is 80.3 Å². The molecule has 0 aliphatic heterocycles. The molecule has 26 heavy (non-hydrogen) atoms. The number of para-hydroxylation sites is 1. The zero-order valence-electron chi connectivity index (χ0n) is 14.2. The van der Waals surface area contributed by atoms with Crippen LogP contribution in [0, 0.1) is 17.0 Å². The SMILES string of the molecule is Cc1c(N=Cc2cc([N+](=O)[O-])ccc2O)c(=O)n(-c2ccccc2)n1C. The van der Waals surface area contributed by atoms with E-state index in [9.17, 15) is 20.0 Å². The predicted molar refractivity (Wildman–Crippen MR) is 97.8 cm³/mol. The molecule has 0 fully saturated rings. The summed E-state index contributed by atoms with van der Waals surface area (Å²) in [5, 5.41) is 20.7. The van der Waals surface area contributed by atoms with Crippen LogP contribution in [0.4, 0.5) is 11.4 Å². The van der Waals surface area contributed by atoms with Crippen LogP contribution in [0.25, 0.3) is 5.69 Å². The van der Waals surface area contributed by atoms with Crippen LogP contribution in [0.2, 0.25) is 0 Å². The molecular formula is C18H16N4O4. The summed E-state index contributed by atoms with van der Waals surface area (Å²) in [5.74, 6) is -0.156. The van der Waals surface area contributed by atoms with Crippen LogP contribution in [0.3, 0.4) is 0 Å². The third kappa shape index (κ3) is 3.00. The molecule has 0 unspecified atom stereocenters. The molecule has 1 aromatic heterocycles. The molecule has 0 saturated heterocycles. The summed E-state index contributed by atoms with van der Waals surface area (Å²) in [5.41, 5.74) is 1.19. The van der Waals surface area contributed by atoms with Crippen LogP contribution < -0.4 is 5.56 Å². The van der Waals surface area contributed by atoms with Gasteiger partial charge in [-0.1, -0.05) is 18.2 Å². The lowest BCUT2D eigenvalue weighted by atomic mass is 10.2. The average molecular weight is 352 g/mol. The van der Waals surface area contributed by atoms with Crippen molar-refractivity contribution in [2.24, 2.45) is 12.0 Å². The first-order valence-electron chi connectivity index (χ1n) is 7.75. The third-order valence-corrected chi connectivity index (χ3v) is 4.08. The van der Waals surface area contributed by atoms with Crippen molar-refractivity contribution in [3.8, 4) is 11.4 Å². The van der Waals surface area contributed by atoms with Gasteiger partial charge in [-0.25, -0.2) is 9.67 Å². The highest BCUT2D eigenvalue weighted by Gasteiger charge is 2.15. The molecule has 0 saturated carbocycles. The number of phenols is 1. The molecule has 0 aliphatic carbocycles. The summed E-state index contributed by atoms with van der Waals surface area (Å²) in [6.07, 6.45) is 1.25. The topological polar surface area (TPSA) is 103 Å². The number of hydrogen-bond acceptors (Lipinski definition) is 5. The van der Waals surface area contributed by atoms with Crippen molar-refractivity contribution in [3.63, 3.8) is 0 Å². The number of hydrogen-bond donors (Lipinski definition) is 1. The largest absolute Gasteiger partial charge is 0.507 e. The first-order chi connectivity index (χ1) is 12.4. The quantitative estimate of drug-likeness (QED) is 0.443. The van der Waals surface area contributed by atoms with Crippen LogP contribution >= 0.6 is 0 Å². The summed E-state index contributed by atoms with van der Waals surface area (Å²) in [7, 11) is 1.74. The number of nitro groups is 1. The molecule has 1 N–H and O–H groups in total. The molecule has 3 aromatic rings. The van der Waals surface area contributed by atoms with E-state index in [4.69, 9.17) is 0 Å². The molecule has 8 nitrogen and oxygen atoms in total. The first-order valence-corrected chi connectivity index (χ1v) is 7.75. The average Bonchev–Trinajstić information content (AvgIpc) is 2.84. The van der Waals surface area contributed by atoms with Crippen molar-refractivity contribution in [1.82, 2.24) is 9.36 Å². The Morgan fingerprint density at radius 3 is 2.54 bits per heavy atom. The van der Waals surface area contributed by atoms with Gasteiger partial charge in [0.15, 0.2) is 5.69 Å². The normalized spacial score (nSPS) is 11.2. The highest BCUT2D eigenvalue weighted by molar-refractivity contribution is 5.86. The van der Waals surface area contributed by atoms with Gasteiger partial charge in [0.25, 0.3) is 11.2 Å². The van der Waals surface area contributed by atoms with Gasteiger partial charge in [0.2, 0.25) is 0 Å². The first kappa shape index (κ1) is 17.2. The Morgan fingerprint density at radius 2 is 1.88 bits per heavy atom. The van der Waals surface area contributed by atoms with Crippen molar-refractivity contribution >= 4 is 17.6 Å². The van der Waals surface area contributed by atoms with Gasteiger partial charge < -0.3 is 5.11 Å². The van der Waals surface area contributed by atoms with Crippen molar-refractivity contribution < 1.29 is 10.0 Å². The maximum absolute atomic E-state index is 12.8. The Bertz CT molecular complexity index is 1060. The van der Waals surface area contributed by atoms with Crippen LogP contribution in [0.5, 0.6) is 5.75 Å². The Kier molecular flexibility index (Phi) is 4.40. The number of nitro benzene ring substituents is 1. The summed E-state index contributed by atoms with van der Waals surface area (Å²) >= 11 is 0. The number of aliphatic imine (C=N–C) groups is 1. The monoisotopic (exact) mass is 352 g/mol. The minimum absolute atomic E-state index is 0.156. The van der Waals surface area contributed by atoms with Crippen LogP contribution in [0.15, 0.2) is 58.3 Å². The van der Waals surface area contributed by atoms with Gasteiger partial charge in [-0.15, -0.1) is 0 Å². The standard InChI is InChI=1S/C18H16N4O4/c1-12-17(18(24)21(20(12)2)14-6-4-3-5-7-14)19-11-13-10-15(22(25)26)8-9-16(13)23/h3-11,23H,1-2H3. The summed E-state index contributed by atoms with van der Waals surface area (Å²) in [4.78, 5) is 27.2. The van der Waals surface area contributed by atoms with E-state index in [1.54, 1.807) is 30.8 Å². The van der Waals surface area contributed by atoms with E-state index >= 15 is 0 Å². The van der Waals surface area contributed by atoms with Gasteiger partial charge in [0.05, 0.1) is 16.3 Å². The van der Waals surface area contributed by atoms with Crippen LogP contribution in [-0.4, -0.2) is 25.6 Å². The molecule has 2 aromatic carbocycles. The van der Waals surface area contributed by atoms with E-state index < -0.39 is 4.92 Å². The molecule has 0 spiro atoms. The maximum atomic E-state index is 12.8. The second-order valence-electron chi connectivity index (χ2n) is 5.67. The summed E-state index contributed by atoms with van der Waals surface area (Å²) < 4.78 is 3.16. The van der Waals surface area contributed by atoms with Crippen LogP contribution in [0.1, 0.15) is 11.3 Å². The Morgan fingerprint density at radius 1 is 1.19 bits per heavy atom. The molecule has 8 heteroatoms. The fourth-order valence-electron chi connectivity index (χ4n) is 2.60. The van der Waals surface area contributed by atoms with E-state index in [1.165, 1.54) is 29.1 Å². The van der Waals surface area contributed by atoms with Gasteiger partial charge in [0.1, 0.15) is 5.75 Å². The van der Waals surface area contributed by atoms with E-state index in [0.717, 1.165) is 0 Å². The fraction of sp³-hybridized carbons (Fsp3) is 0.111. The number of benzene rings is 2. The van der Waals surface area contributed by atoms with Gasteiger partial charge in [-0.05, 0) is 25.1 Å². The Hall–Kier alpha value is -3.68. The van der Waals surface area contributed by atoms with Crippen molar-refractivity contribution in [2.75, 3.05) is 0 Å². The number of aromatic hydroxyl groups is 1. The summed E-state index contributed by atoms with van der Waals surface area (Å²) in [6, 6.07) is 12.7. The number of phenolic OH excluding ortho intramolecular Hbond substituents is 1. The lowest BCUT2D eigenvalue weighted by Gasteiger charge is -2.07. The molecule has 3 rings (SSSR count). The van der Waals surface area contributed by atoms with E-state index in [2.05, 4.69) is 4.99 Å². The smallest absolute Gasteiger partial charge is 0.297 e. The van der Waals surface area contributed by atoms with Crippen LogP contribution in [-0.2, 0) is 7.05 Å². The minimum atomic E-state index is -0.563. The predicted octanol–water partition coefficient (Wildman–Crippen LogP) is 2.85. The lowest BCUT2D eigenvalue weighted by molar-refractivity contribution is -0.384. The van der Waals surface area contributed by atoms with E-state index in [1.807, 2.05) is 18.2 Å². The van der Waals surface area contributed by atoms with E-state index in [0.29, 0.717) is 11.4 Å². The number of non-ortho nitro benzene ring substituents is 1. The number of nitrogens with zero attached hydrogens (tertiary/aromatic N) is 4. The second-order valence-corrected chi connectivity index (χ2v) is 5.67. The molecule has 0 radical (unpaired) electrons. The van der Waals surface area contributed by atoms with Crippen molar-refractivity contribution in [2.45, 2.75) is 6.92 Å². The van der Waals surface area contributed by atoms with E-state index in [-0.39, 0.29) is 28.2 Å². The second kappa shape index (κ2) is 6.67. The molecular weight excluding hydrogens is 336 g/mol. The highest BCUT2D eigenvalue weighted by Crippen LogP contribution is 2.23. The summed E-state index contributed by atoms with van der Waals surface area (Å²) in [6.45, 7) is 1.75. The van der Waals surface area contributed by atoms with Crippen molar-refractivity contribution in [1.29, 1.82) is 0 Å². The van der Waals surface area contributed by atoms with Gasteiger partial charge >= 0.3 is 0 Å². The molecule has 1 heterocycles. The van der Waals surface area contributed by atoms with Gasteiger partial charge in [0, 0.05) is 31.0 Å². The highest BCUT2D eigenvalue weighted by atomic mass is 16.6. The zero-order valence-corrected chi connectivity index (χ0v) is 14.2. The molecule has 0 atom stereocenters. The molecule has 0 aliphatic rings. The third-order valence-electron chi connectivity index (χ3n) is 4.08. The maximum Gasteiger partial charge on any atom is 0.297 e. The zero-order chi connectivity index (χ0) is 18.8. The molecule has 132 valence electrons. The number of aromatic nitrogens is 2. The van der Waals surface area contributed by atoms with Gasteiger partial charge in [-0.2, -0.15) is 0 Å². The minimum Gasteiger partial charge on any atom is -0.507 e. The lowest BCUT2D eigenvalue weighted by Crippen LogP contribution is -2.19.